The highest BCUT2D eigenvalue weighted by molar-refractivity contribution is 7.19. The molecule has 4 aromatic rings. The Hall–Kier alpha value is -2.33. The number of hydrogen-bond donors (Lipinski definition) is 0. The fourth-order valence-corrected chi connectivity index (χ4v) is 3.45. The highest BCUT2D eigenvalue weighted by Crippen LogP contribution is 2.31. The molecule has 0 bridgehead atoms. The first-order valence-corrected chi connectivity index (χ1v) is 7.69. The maximum Gasteiger partial charge on any atom is 0.235 e. The van der Waals surface area contributed by atoms with Crippen molar-refractivity contribution in [3.05, 3.63) is 35.5 Å². The molecule has 0 unspecified atom stereocenters. The molecule has 0 saturated heterocycles. The van der Waals surface area contributed by atoms with Gasteiger partial charge in [-0.25, -0.2) is 8.78 Å². The van der Waals surface area contributed by atoms with E-state index in [1.807, 2.05) is 0 Å². The predicted octanol–water partition coefficient (Wildman–Crippen LogP) is 2.96. The first-order chi connectivity index (χ1) is 10.6. The Morgan fingerprint density at radius 3 is 2.77 bits per heavy atom. The van der Waals surface area contributed by atoms with E-state index in [2.05, 4.69) is 24.9 Å². The van der Waals surface area contributed by atoms with Gasteiger partial charge in [-0.3, -0.25) is 0 Å². The van der Waals surface area contributed by atoms with Crippen LogP contribution in [-0.2, 0) is 0 Å². The minimum Gasteiger partial charge on any atom is -0.207 e. The van der Waals surface area contributed by atoms with Crippen molar-refractivity contribution in [3.63, 3.8) is 0 Å². The molecule has 0 aliphatic rings. The molecule has 22 heavy (non-hydrogen) atoms. The molecule has 1 aromatic carbocycles. The Kier molecular flexibility index (Phi) is 2.94. The third-order valence-electron chi connectivity index (χ3n) is 3.00. The Balaban J connectivity index is 1.91. The van der Waals surface area contributed by atoms with Crippen molar-refractivity contribution >= 4 is 27.8 Å². The van der Waals surface area contributed by atoms with Gasteiger partial charge in [0, 0.05) is 0 Å². The minimum absolute atomic E-state index is 0.0978. The molecule has 3 heterocycles. The monoisotopic (exact) mass is 336 g/mol. The summed E-state index contributed by atoms with van der Waals surface area (Å²) in [7, 11) is 0. The number of halogens is 2. The molecule has 10 heteroatoms. The fourth-order valence-electron chi connectivity index (χ4n) is 1.97. The van der Waals surface area contributed by atoms with Gasteiger partial charge in [-0.1, -0.05) is 15.8 Å². The number of nitrogens with zero attached hydrogens (tertiary/aromatic N) is 6. The van der Waals surface area contributed by atoms with Gasteiger partial charge in [0.2, 0.25) is 4.96 Å². The number of aromatic nitrogens is 6. The second kappa shape index (κ2) is 4.85. The molecule has 4 rings (SSSR count). The maximum atomic E-state index is 13.9. The molecular formula is C12H6F2N6S2. The lowest BCUT2D eigenvalue weighted by Gasteiger charge is -1.98. The Bertz CT molecular complexity index is 989. The summed E-state index contributed by atoms with van der Waals surface area (Å²) in [4.78, 5) is 1.23. The standard InChI is InChI=1S/C12H6F2N6S2/c1-5-9(22-19-15-5)10-16-17-12-20(10)18-11(21-12)7-4-6(13)2-3-8(7)14/h2-4H,1H3. The van der Waals surface area contributed by atoms with Gasteiger partial charge in [0.1, 0.15) is 16.5 Å². The van der Waals surface area contributed by atoms with Crippen LogP contribution in [0.1, 0.15) is 5.69 Å². The van der Waals surface area contributed by atoms with Gasteiger partial charge in [-0.05, 0) is 36.7 Å². The third kappa shape index (κ3) is 1.99. The van der Waals surface area contributed by atoms with Crippen LogP contribution in [0, 0.1) is 18.6 Å². The smallest absolute Gasteiger partial charge is 0.207 e. The van der Waals surface area contributed by atoms with E-state index in [4.69, 9.17) is 0 Å². The zero-order valence-electron chi connectivity index (χ0n) is 11.0. The molecule has 0 N–H and O–H groups in total. The average Bonchev–Trinajstić information content (AvgIpc) is 3.16. The van der Waals surface area contributed by atoms with Crippen LogP contribution in [0.15, 0.2) is 18.2 Å². The summed E-state index contributed by atoms with van der Waals surface area (Å²) in [6, 6.07) is 3.25. The van der Waals surface area contributed by atoms with Gasteiger partial charge in [0.15, 0.2) is 10.8 Å². The quantitative estimate of drug-likeness (QED) is 0.563. The van der Waals surface area contributed by atoms with E-state index >= 15 is 0 Å². The van der Waals surface area contributed by atoms with Crippen LogP contribution in [0.3, 0.4) is 0 Å². The van der Waals surface area contributed by atoms with Crippen molar-refractivity contribution in [1.82, 2.24) is 29.4 Å². The normalized spacial score (nSPS) is 11.4. The van der Waals surface area contributed by atoms with Crippen molar-refractivity contribution in [2.75, 3.05) is 0 Å². The molecule has 0 fully saturated rings. The zero-order valence-corrected chi connectivity index (χ0v) is 12.6. The number of rotatable bonds is 2. The van der Waals surface area contributed by atoms with Crippen molar-refractivity contribution in [2.24, 2.45) is 0 Å². The van der Waals surface area contributed by atoms with Gasteiger partial charge in [-0.15, -0.1) is 15.3 Å². The van der Waals surface area contributed by atoms with Gasteiger partial charge in [0.25, 0.3) is 0 Å². The second-order valence-corrected chi connectivity index (χ2v) is 6.15. The Labute approximate surface area is 130 Å². The summed E-state index contributed by atoms with van der Waals surface area (Å²) in [5.41, 5.74) is 0.811. The fraction of sp³-hybridized carbons (Fsp3) is 0.0833. The van der Waals surface area contributed by atoms with E-state index in [1.165, 1.54) is 16.0 Å². The van der Waals surface area contributed by atoms with Crippen LogP contribution < -0.4 is 0 Å². The van der Waals surface area contributed by atoms with Crippen LogP contribution in [0.5, 0.6) is 0 Å². The first kappa shape index (κ1) is 13.3. The molecule has 0 amide bonds. The minimum atomic E-state index is -0.538. The molecular weight excluding hydrogens is 330 g/mol. The van der Waals surface area contributed by atoms with Gasteiger partial charge in [-0.2, -0.15) is 9.61 Å². The average molecular weight is 336 g/mol. The molecule has 0 radical (unpaired) electrons. The number of fused-ring (bicyclic) bond motifs is 1. The molecule has 6 nitrogen and oxygen atoms in total. The van der Waals surface area contributed by atoms with Crippen LogP contribution in [0.25, 0.3) is 26.2 Å². The van der Waals surface area contributed by atoms with E-state index in [-0.39, 0.29) is 5.56 Å². The predicted molar refractivity (Wildman–Crippen MR) is 77.7 cm³/mol. The summed E-state index contributed by atoms with van der Waals surface area (Å²) in [6.45, 7) is 1.80. The molecule has 110 valence electrons. The Morgan fingerprint density at radius 2 is 2.00 bits per heavy atom. The Morgan fingerprint density at radius 1 is 1.14 bits per heavy atom. The van der Waals surface area contributed by atoms with Gasteiger partial charge in [0.05, 0.1) is 11.3 Å². The van der Waals surface area contributed by atoms with Gasteiger partial charge < -0.3 is 0 Å². The lowest BCUT2D eigenvalue weighted by atomic mass is 10.2. The summed E-state index contributed by atoms with van der Waals surface area (Å²) < 4.78 is 32.5. The summed E-state index contributed by atoms with van der Waals surface area (Å²) >= 11 is 2.31. The number of benzene rings is 1. The molecule has 0 aliphatic heterocycles. The number of aryl methyl sites for hydroxylation is 1. The van der Waals surface area contributed by atoms with Crippen LogP contribution in [0.4, 0.5) is 8.78 Å². The second-order valence-electron chi connectivity index (χ2n) is 4.44. The van der Waals surface area contributed by atoms with Crippen LogP contribution >= 0.6 is 22.9 Å². The largest absolute Gasteiger partial charge is 0.235 e. The number of hydrogen-bond acceptors (Lipinski definition) is 7. The van der Waals surface area contributed by atoms with Crippen molar-refractivity contribution < 1.29 is 8.78 Å². The maximum absolute atomic E-state index is 13.9. The van der Waals surface area contributed by atoms with Gasteiger partial charge >= 0.3 is 0 Å². The molecule has 0 atom stereocenters. The van der Waals surface area contributed by atoms with E-state index in [0.717, 1.165) is 34.4 Å². The zero-order chi connectivity index (χ0) is 15.3. The highest BCUT2D eigenvalue weighted by atomic mass is 32.1. The molecule has 0 saturated carbocycles. The van der Waals surface area contributed by atoms with E-state index in [0.29, 0.717) is 21.5 Å². The highest BCUT2D eigenvalue weighted by Gasteiger charge is 2.19. The van der Waals surface area contributed by atoms with Crippen molar-refractivity contribution in [1.29, 1.82) is 0 Å². The summed E-state index contributed by atoms with van der Waals surface area (Å²) in [6.07, 6.45) is 0. The summed E-state index contributed by atoms with van der Waals surface area (Å²) in [5, 5.41) is 16.6. The lowest BCUT2D eigenvalue weighted by molar-refractivity contribution is 0.603. The lowest BCUT2D eigenvalue weighted by Crippen LogP contribution is -1.92. The SMILES string of the molecule is Cc1nnsc1-c1nnc2sc(-c3cc(F)ccc3F)nn12. The molecule has 0 aliphatic carbocycles. The van der Waals surface area contributed by atoms with Crippen molar-refractivity contribution in [3.8, 4) is 21.3 Å². The third-order valence-corrected chi connectivity index (χ3v) is 4.76. The molecule has 0 spiro atoms. The van der Waals surface area contributed by atoms with Crippen LogP contribution in [0.2, 0.25) is 0 Å². The van der Waals surface area contributed by atoms with Crippen LogP contribution in [-0.4, -0.2) is 29.4 Å². The van der Waals surface area contributed by atoms with E-state index in [1.54, 1.807) is 6.92 Å². The van der Waals surface area contributed by atoms with E-state index < -0.39 is 11.6 Å². The van der Waals surface area contributed by atoms with E-state index in [9.17, 15) is 8.78 Å². The molecule has 3 aromatic heterocycles. The summed E-state index contributed by atoms with van der Waals surface area (Å²) in [5.74, 6) is -0.574. The van der Waals surface area contributed by atoms with Crippen molar-refractivity contribution in [2.45, 2.75) is 6.92 Å². The topological polar surface area (TPSA) is 68.9 Å². The first-order valence-electron chi connectivity index (χ1n) is 6.10.